The molecule has 0 unspecified atom stereocenters. The van der Waals surface area contributed by atoms with Crippen molar-refractivity contribution in [3.63, 3.8) is 0 Å². The number of rotatable bonds is 9. The summed E-state index contributed by atoms with van der Waals surface area (Å²) in [5.41, 5.74) is 6.98. The number of thioether (sulfide) groups is 1. The van der Waals surface area contributed by atoms with E-state index in [-0.39, 0.29) is 11.9 Å². The second-order valence-corrected chi connectivity index (χ2v) is 6.00. The van der Waals surface area contributed by atoms with Gasteiger partial charge in [0.25, 0.3) is 0 Å². The summed E-state index contributed by atoms with van der Waals surface area (Å²) in [5.74, 6) is 1.03. The number of halogens is 1. The number of unbranched alkanes of at least 4 members (excludes halogenated alkanes) is 2. The molecule has 0 aliphatic carbocycles. The van der Waals surface area contributed by atoms with Crippen molar-refractivity contribution in [2.75, 3.05) is 29.6 Å². The molecule has 3 N–H and O–H groups in total. The van der Waals surface area contributed by atoms with Gasteiger partial charge in [0.15, 0.2) is 11.6 Å². The van der Waals surface area contributed by atoms with Crippen molar-refractivity contribution in [1.29, 1.82) is 0 Å². The van der Waals surface area contributed by atoms with Crippen LogP contribution >= 0.6 is 11.8 Å². The van der Waals surface area contributed by atoms with Gasteiger partial charge in [0.05, 0.1) is 17.5 Å². The molecule has 3 nitrogen and oxygen atoms in total. The van der Waals surface area contributed by atoms with E-state index in [0.717, 1.165) is 18.7 Å². The standard InChI is InChI=1S/C15H25FN2OS/c1-11(2)19-15-10-14(13(17)9-12(15)16)18-7-5-4-6-8-20-3/h9-11,18H,4-8,17H2,1-3H3. The molecule has 0 radical (unpaired) electrons. The van der Waals surface area contributed by atoms with Crippen LogP contribution in [0.1, 0.15) is 33.1 Å². The minimum atomic E-state index is -0.415. The minimum Gasteiger partial charge on any atom is -0.488 e. The first-order valence-electron chi connectivity index (χ1n) is 7.03. The predicted octanol–water partition coefficient (Wildman–Crippen LogP) is 4.14. The molecular formula is C15H25FN2OS. The number of anilines is 2. The Morgan fingerprint density at radius 1 is 1.30 bits per heavy atom. The molecule has 20 heavy (non-hydrogen) atoms. The lowest BCUT2D eigenvalue weighted by molar-refractivity contribution is 0.231. The zero-order valence-corrected chi connectivity index (χ0v) is 13.4. The highest BCUT2D eigenvalue weighted by molar-refractivity contribution is 7.98. The van der Waals surface area contributed by atoms with Crippen molar-refractivity contribution < 1.29 is 9.13 Å². The van der Waals surface area contributed by atoms with Crippen LogP contribution in [0.25, 0.3) is 0 Å². The van der Waals surface area contributed by atoms with Crippen molar-refractivity contribution in [2.24, 2.45) is 0 Å². The summed E-state index contributed by atoms with van der Waals surface area (Å²) >= 11 is 1.87. The average Bonchev–Trinajstić information content (AvgIpc) is 2.38. The van der Waals surface area contributed by atoms with Crippen LogP contribution in [0.4, 0.5) is 15.8 Å². The first-order chi connectivity index (χ1) is 9.54. The van der Waals surface area contributed by atoms with Gasteiger partial charge in [-0.3, -0.25) is 0 Å². The summed E-state index contributed by atoms with van der Waals surface area (Å²) in [7, 11) is 0. The Hall–Kier alpha value is -1.10. The maximum Gasteiger partial charge on any atom is 0.167 e. The average molecular weight is 300 g/mol. The van der Waals surface area contributed by atoms with Crippen LogP contribution in [0.15, 0.2) is 12.1 Å². The quantitative estimate of drug-likeness (QED) is 0.531. The highest BCUT2D eigenvalue weighted by atomic mass is 32.2. The van der Waals surface area contributed by atoms with Crippen LogP contribution in [0.3, 0.4) is 0 Å². The summed E-state index contributed by atoms with van der Waals surface area (Å²) in [6, 6.07) is 2.96. The molecule has 114 valence electrons. The summed E-state index contributed by atoms with van der Waals surface area (Å²) < 4.78 is 19.1. The molecule has 0 atom stereocenters. The topological polar surface area (TPSA) is 47.3 Å². The Balaban J connectivity index is 2.52. The molecule has 0 saturated carbocycles. The van der Waals surface area contributed by atoms with Crippen molar-refractivity contribution in [3.8, 4) is 5.75 Å². The maximum atomic E-state index is 13.7. The molecule has 1 aromatic rings. The van der Waals surface area contributed by atoms with Gasteiger partial charge in [0.2, 0.25) is 0 Å². The number of nitrogen functional groups attached to an aromatic ring is 1. The molecule has 1 rings (SSSR count). The predicted molar refractivity (Wildman–Crippen MR) is 87.3 cm³/mol. The fourth-order valence-corrected chi connectivity index (χ4v) is 2.33. The molecule has 0 aliphatic rings. The maximum absolute atomic E-state index is 13.7. The Kier molecular flexibility index (Phi) is 7.59. The molecular weight excluding hydrogens is 275 g/mol. The highest BCUT2D eigenvalue weighted by Gasteiger charge is 2.10. The van der Waals surface area contributed by atoms with Crippen LogP contribution in [0.2, 0.25) is 0 Å². The molecule has 0 bridgehead atoms. The molecule has 0 spiro atoms. The third kappa shape index (κ3) is 5.90. The Bertz CT molecular complexity index is 413. The summed E-state index contributed by atoms with van der Waals surface area (Å²) in [4.78, 5) is 0. The molecule has 0 saturated heterocycles. The number of nitrogens with one attached hydrogen (secondary N) is 1. The van der Waals surface area contributed by atoms with Crippen LogP contribution in [0.5, 0.6) is 5.75 Å². The van der Waals surface area contributed by atoms with E-state index >= 15 is 0 Å². The van der Waals surface area contributed by atoms with Crippen molar-refractivity contribution in [3.05, 3.63) is 17.9 Å². The SMILES string of the molecule is CSCCCCCNc1cc(OC(C)C)c(F)cc1N. The minimum absolute atomic E-state index is 0.0625. The molecule has 0 heterocycles. The van der Waals surface area contributed by atoms with Gasteiger partial charge in [-0.05, 0) is 38.7 Å². The van der Waals surface area contributed by atoms with Crippen molar-refractivity contribution in [1.82, 2.24) is 0 Å². The van der Waals surface area contributed by atoms with Crippen molar-refractivity contribution in [2.45, 2.75) is 39.2 Å². The van der Waals surface area contributed by atoms with Gasteiger partial charge >= 0.3 is 0 Å². The Morgan fingerprint density at radius 3 is 2.70 bits per heavy atom. The first-order valence-corrected chi connectivity index (χ1v) is 8.42. The Morgan fingerprint density at radius 2 is 2.05 bits per heavy atom. The monoisotopic (exact) mass is 300 g/mol. The van der Waals surface area contributed by atoms with Crippen molar-refractivity contribution >= 4 is 23.1 Å². The smallest absolute Gasteiger partial charge is 0.167 e. The van der Waals surface area contributed by atoms with E-state index in [1.807, 2.05) is 25.6 Å². The third-order valence-electron chi connectivity index (χ3n) is 2.81. The van der Waals surface area contributed by atoms with Gasteiger partial charge in [-0.1, -0.05) is 6.42 Å². The second kappa shape index (κ2) is 8.95. The third-order valence-corrected chi connectivity index (χ3v) is 3.50. The molecule has 0 aromatic heterocycles. The number of ether oxygens (including phenoxy) is 1. The zero-order valence-electron chi connectivity index (χ0n) is 12.5. The van der Waals surface area contributed by atoms with Gasteiger partial charge in [-0.25, -0.2) is 4.39 Å². The lowest BCUT2D eigenvalue weighted by Gasteiger charge is -2.15. The van der Waals surface area contributed by atoms with E-state index in [1.54, 1.807) is 6.07 Å². The van der Waals surface area contributed by atoms with Gasteiger partial charge in [-0.15, -0.1) is 0 Å². The molecule has 0 aliphatic heterocycles. The highest BCUT2D eigenvalue weighted by Crippen LogP contribution is 2.28. The molecule has 1 aromatic carbocycles. The second-order valence-electron chi connectivity index (χ2n) is 5.02. The van der Waals surface area contributed by atoms with Gasteiger partial charge in [0, 0.05) is 18.7 Å². The van der Waals surface area contributed by atoms with Gasteiger partial charge in [-0.2, -0.15) is 11.8 Å². The van der Waals surface area contributed by atoms with E-state index in [4.69, 9.17) is 10.5 Å². The van der Waals surface area contributed by atoms with Crippen LogP contribution in [0, 0.1) is 5.82 Å². The number of hydrogen-bond donors (Lipinski definition) is 2. The van der Waals surface area contributed by atoms with E-state index < -0.39 is 5.82 Å². The summed E-state index contributed by atoms with van der Waals surface area (Å²) in [6.07, 6.45) is 5.55. The van der Waals surface area contributed by atoms with Crippen LogP contribution < -0.4 is 15.8 Å². The van der Waals surface area contributed by atoms with Crippen LogP contribution in [-0.2, 0) is 0 Å². The molecule has 0 amide bonds. The van der Waals surface area contributed by atoms with E-state index in [1.165, 1.54) is 24.7 Å². The molecule has 0 fully saturated rings. The normalized spacial score (nSPS) is 10.8. The fourth-order valence-electron chi connectivity index (χ4n) is 1.84. The first kappa shape index (κ1) is 17.0. The van der Waals surface area contributed by atoms with E-state index in [0.29, 0.717) is 5.69 Å². The summed E-state index contributed by atoms with van der Waals surface area (Å²) in [5, 5.41) is 3.25. The van der Waals surface area contributed by atoms with E-state index in [2.05, 4.69) is 11.6 Å². The fraction of sp³-hybridized carbons (Fsp3) is 0.600. The number of hydrogen-bond acceptors (Lipinski definition) is 4. The van der Waals surface area contributed by atoms with Crippen LogP contribution in [-0.4, -0.2) is 24.7 Å². The van der Waals surface area contributed by atoms with Gasteiger partial charge < -0.3 is 15.8 Å². The Labute approximate surface area is 125 Å². The molecule has 5 heteroatoms. The number of benzene rings is 1. The largest absolute Gasteiger partial charge is 0.488 e. The zero-order chi connectivity index (χ0) is 15.0. The van der Waals surface area contributed by atoms with E-state index in [9.17, 15) is 4.39 Å². The number of nitrogens with two attached hydrogens (primary N) is 1. The lowest BCUT2D eigenvalue weighted by atomic mass is 10.2. The summed E-state index contributed by atoms with van der Waals surface area (Å²) in [6.45, 7) is 4.58. The lowest BCUT2D eigenvalue weighted by Crippen LogP contribution is -2.09. The van der Waals surface area contributed by atoms with Gasteiger partial charge in [0.1, 0.15) is 0 Å².